The molecule has 3 aliphatic heterocycles. The monoisotopic (exact) mass is 256 g/mol. The van der Waals surface area contributed by atoms with Gasteiger partial charge in [0.15, 0.2) is 0 Å². The predicted octanol–water partition coefficient (Wildman–Crippen LogP) is 0.583. The summed E-state index contributed by atoms with van der Waals surface area (Å²) in [6, 6.07) is 0.258. The summed E-state index contributed by atoms with van der Waals surface area (Å²) in [5, 5.41) is 0. The molecule has 0 aromatic carbocycles. The standard InChI is InChI=1S/C13H24N2O3/c14-15-12(11-2-1-5-17-11)10-3-6-18-13(8-10)4-7-16-9-13/h10-12,15H,1-9,14H2. The molecule has 18 heavy (non-hydrogen) atoms. The fourth-order valence-corrected chi connectivity index (χ4v) is 3.67. The van der Waals surface area contributed by atoms with Crippen molar-refractivity contribution in [2.45, 2.75) is 49.9 Å². The molecule has 0 radical (unpaired) electrons. The van der Waals surface area contributed by atoms with Crippen LogP contribution in [-0.2, 0) is 14.2 Å². The first-order valence-corrected chi connectivity index (χ1v) is 7.12. The van der Waals surface area contributed by atoms with Crippen LogP contribution in [0.5, 0.6) is 0 Å². The highest BCUT2D eigenvalue weighted by Gasteiger charge is 2.44. The lowest BCUT2D eigenvalue weighted by atomic mass is 9.79. The number of hydrazine groups is 1. The highest BCUT2D eigenvalue weighted by atomic mass is 16.6. The van der Waals surface area contributed by atoms with Crippen LogP contribution in [0.3, 0.4) is 0 Å². The lowest BCUT2D eigenvalue weighted by Crippen LogP contribution is -2.53. The number of rotatable bonds is 3. The van der Waals surface area contributed by atoms with E-state index in [2.05, 4.69) is 5.43 Å². The molecule has 0 aliphatic carbocycles. The predicted molar refractivity (Wildman–Crippen MR) is 66.9 cm³/mol. The van der Waals surface area contributed by atoms with Crippen LogP contribution in [0.25, 0.3) is 0 Å². The summed E-state index contributed by atoms with van der Waals surface area (Å²) >= 11 is 0. The first kappa shape index (κ1) is 12.8. The van der Waals surface area contributed by atoms with Crippen molar-refractivity contribution in [3.8, 4) is 0 Å². The maximum Gasteiger partial charge on any atom is 0.0939 e. The zero-order chi connectivity index (χ0) is 12.4. The minimum atomic E-state index is -0.0450. The van der Waals surface area contributed by atoms with E-state index in [4.69, 9.17) is 20.1 Å². The molecular formula is C13H24N2O3. The van der Waals surface area contributed by atoms with Gasteiger partial charge in [-0.25, -0.2) is 0 Å². The molecule has 0 aromatic heterocycles. The summed E-state index contributed by atoms with van der Waals surface area (Å²) < 4.78 is 17.3. The molecule has 3 rings (SSSR count). The summed E-state index contributed by atoms with van der Waals surface area (Å²) in [5.41, 5.74) is 2.95. The minimum absolute atomic E-state index is 0.0450. The van der Waals surface area contributed by atoms with Crippen LogP contribution in [0.2, 0.25) is 0 Å². The van der Waals surface area contributed by atoms with E-state index in [-0.39, 0.29) is 17.7 Å². The summed E-state index contributed by atoms with van der Waals surface area (Å²) in [7, 11) is 0. The van der Waals surface area contributed by atoms with Gasteiger partial charge in [-0.05, 0) is 31.6 Å². The number of nitrogens with one attached hydrogen (secondary N) is 1. The molecular weight excluding hydrogens is 232 g/mol. The van der Waals surface area contributed by atoms with E-state index in [9.17, 15) is 0 Å². The van der Waals surface area contributed by atoms with Crippen molar-refractivity contribution in [1.29, 1.82) is 0 Å². The second-order valence-corrected chi connectivity index (χ2v) is 5.83. The molecule has 1 spiro atoms. The minimum Gasteiger partial charge on any atom is -0.378 e. The Labute approximate surface area is 108 Å². The number of hydrogen-bond donors (Lipinski definition) is 2. The Bertz CT molecular complexity index is 275. The van der Waals surface area contributed by atoms with Crippen molar-refractivity contribution in [3.05, 3.63) is 0 Å². The zero-order valence-corrected chi connectivity index (χ0v) is 10.9. The molecule has 0 aromatic rings. The largest absolute Gasteiger partial charge is 0.378 e. The fourth-order valence-electron chi connectivity index (χ4n) is 3.67. The third-order valence-electron chi connectivity index (χ3n) is 4.66. The third-order valence-corrected chi connectivity index (χ3v) is 4.66. The van der Waals surface area contributed by atoms with E-state index in [1.54, 1.807) is 0 Å². The maximum atomic E-state index is 5.98. The molecule has 3 heterocycles. The lowest BCUT2D eigenvalue weighted by Gasteiger charge is -2.41. The van der Waals surface area contributed by atoms with Crippen LogP contribution in [0.1, 0.15) is 32.1 Å². The number of nitrogens with two attached hydrogens (primary N) is 1. The van der Waals surface area contributed by atoms with E-state index < -0.39 is 0 Å². The summed E-state index contributed by atoms with van der Waals surface area (Å²) in [4.78, 5) is 0. The Balaban J connectivity index is 1.66. The van der Waals surface area contributed by atoms with Gasteiger partial charge in [0.05, 0.1) is 24.4 Å². The second kappa shape index (κ2) is 5.43. The molecule has 3 fully saturated rings. The average molecular weight is 256 g/mol. The first-order chi connectivity index (χ1) is 8.83. The van der Waals surface area contributed by atoms with Gasteiger partial charge < -0.3 is 14.2 Å². The Hall–Kier alpha value is -0.200. The van der Waals surface area contributed by atoms with Crippen LogP contribution < -0.4 is 11.3 Å². The molecule has 5 heteroatoms. The smallest absolute Gasteiger partial charge is 0.0939 e. The van der Waals surface area contributed by atoms with Crippen molar-refractivity contribution < 1.29 is 14.2 Å². The van der Waals surface area contributed by atoms with Crippen LogP contribution in [-0.4, -0.2) is 44.2 Å². The molecule has 0 amide bonds. The van der Waals surface area contributed by atoms with Crippen molar-refractivity contribution in [2.24, 2.45) is 11.8 Å². The van der Waals surface area contributed by atoms with E-state index in [0.717, 1.165) is 58.5 Å². The highest BCUT2D eigenvalue weighted by molar-refractivity contribution is 4.95. The van der Waals surface area contributed by atoms with Crippen LogP contribution in [0.15, 0.2) is 0 Å². The van der Waals surface area contributed by atoms with Crippen LogP contribution in [0, 0.1) is 5.92 Å². The molecule has 4 atom stereocenters. The van der Waals surface area contributed by atoms with E-state index in [0.29, 0.717) is 5.92 Å². The van der Waals surface area contributed by atoms with Gasteiger partial charge in [0, 0.05) is 26.2 Å². The van der Waals surface area contributed by atoms with Gasteiger partial charge in [-0.2, -0.15) is 0 Å². The van der Waals surface area contributed by atoms with Gasteiger partial charge >= 0.3 is 0 Å². The molecule has 3 saturated heterocycles. The SMILES string of the molecule is NNC(C1CCOC2(CCOC2)C1)C1CCCO1. The quantitative estimate of drug-likeness (QED) is 0.571. The molecule has 104 valence electrons. The van der Waals surface area contributed by atoms with Gasteiger partial charge in [-0.15, -0.1) is 0 Å². The molecule has 0 saturated carbocycles. The fraction of sp³-hybridized carbons (Fsp3) is 1.00. The molecule has 4 unspecified atom stereocenters. The van der Waals surface area contributed by atoms with Crippen molar-refractivity contribution >= 4 is 0 Å². The number of hydrogen-bond acceptors (Lipinski definition) is 5. The molecule has 0 bridgehead atoms. The van der Waals surface area contributed by atoms with Crippen molar-refractivity contribution in [1.82, 2.24) is 5.43 Å². The highest BCUT2D eigenvalue weighted by Crippen LogP contribution is 2.38. The van der Waals surface area contributed by atoms with Crippen LogP contribution >= 0.6 is 0 Å². The van der Waals surface area contributed by atoms with E-state index in [1.165, 1.54) is 0 Å². The van der Waals surface area contributed by atoms with E-state index >= 15 is 0 Å². The van der Waals surface area contributed by atoms with Gasteiger partial charge in [0.2, 0.25) is 0 Å². The van der Waals surface area contributed by atoms with Gasteiger partial charge in [0.25, 0.3) is 0 Å². The van der Waals surface area contributed by atoms with Crippen molar-refractivity contribution in [2.75, 3.05) is 26.4 Å². The Morgan fingerprint density at radius 1 is 1.22 bits per heavy atom. The van der Waals surface area contributed by atoms with Crippen molar-refractivity contribution in [3.63, 3.8) is 0 Å². The Kier molecular flexibility index (Phi) is 3.86. The average Bonchev–Trinajstić information content (AvgIpc) is 3.03. The first-order valence-electron chi connectivity index (χ1n) is 7.12. The van der Waals surface area contributed by atoms with Crippen LogP contribution in [0.4, 0.5) is 0 Å². The van der Waals surface area contributed by atoms with E-state index in [1.807, 2.05) is 0 Å². The Morgan fingerprint density at radius 2 is 2.17 bits per heavy atom. The molecule has 5 nitrogen and oxygen atoms in total. The lowest BCUT2D eigenvalue weighted by molar-refractivity contribution is -0.110. The normalized spacial score (nSPS) is 42.5. The second-order valence-electron chi connectivity index (χ2n) is 5.83. The molecule has 3 aliphatic rings. The number of ether oxygens (including phenoxy) is 3. The summed E-state index contributed by atoms with van der Waals surface area (Å²) in [6.45, 7) is 3.26. The summed E-state index contributed by atoms with van der Waals surface area (Å²) in [5.74, 6) is 6.30. The topological polar surface area (TPSA) is 65.7 Å². The summed E-state index contributed by atoms with van der Waals surface area (Å²) in [6.07, 6.45) is 5.68. The Morgan fingerprint density at radius 3 is 2.83 bits per heavy atom. The van der Waals surface area contributed by atoms with Gasteiger partial charge in [-0.3, -0.25) is 11.3 Å². The zero-order valence-electron chi connectivity index (χ0n) is 10.9. The van der Waals surface area contributed by atoms with Gasteiger partial charge in [0.1, 0.15) is 0 Å². The van der Waals surface area contributed by atoms with Gasteiger partial charge in [-0.1, -0.05) is 0 Å². The maximum absolute atomic E-state index is 5.98. The molecule has 3 N–H and O–H groups in total. The third kappa shape index (κ3) is 2.42.